The van der Waals surface area contributed by atoms with E-state index >= 15 is 0 Å². The molecule has 0 unspecified atom stereocenters. The molecule has 23 heavy (non-hydrogen) atoms. The Balaban J connectivity index is 1.70. The lowest BCUT2D eigenvalue weighted by Gasteiger charge is -2.23. The maximum atomic E-state index is 12.5. The predicted octanol–water partition coefficient (Wildman–Crippen LogP) is 2.77. The molecule has 1 amide bonds. The molecule has 3 rings (SSSR count). The lowest BCUT2D eigenvalue weighted by atomic mass is 10.0. The standard InChI is InChI=1S/C15H20N4O2S2/c1-10(14(20)16-8-11-4-2-6-21-9-11)19-13(17-18-15(19)22)12-5-3-7-23-12/h3,5,7,10-11H,2,4,6,8-9H2,1H3,(H,16,20)(H,18,22)/t10-,11-/m1/s1. The Hall–Kier alpha value is -1.51. The van der Waals surface area contributed by atoms with E-state index in [-0.39, 0.29) is 5.91 Å². The normalized spacial score (nSPS) is 19.4. The van der Waals surface area contributed by atoms with Crippen LogP contribution in [0.5, 0.6) is 0 Å². The van der Waals surface area contributed by atoms with Crippen molar-refractivity contribution in [3.63, 3.8) is 0 Å². The summed E-state index contributed by atoms with van der Waals surface area (Å²) >= 11 is 6.87. The summed E-state index contributed by atoms with van der Waals surface area (Å²) in [6, 6.07) is 3.51. The molecule has 0 radical (unpaired) electrons. The Morgan fingerprint density at radius 3 is 3.26 bits per heavy atom. The highest BCUT2D eigenvalue weighted by Gasteiger charge is 2.22. The van der Waals surface area contributed by atoms with E-state index in [2.05, 4.69) is 15.5 Å². The second-order valence-electron chi connectivity index (χ2n) is 5.70. The van der Waals surface area contributed by atoms with Gasteiger partial charge in [0, 0.05) is 13.2 Å². The summed E-state index contributed by atoms with van der Waals surface area (Å²) in [5.41, 5.74) is 0. The molecule has 3 heterocycles. The summed E-state index contributed by atoms with van der Waals surface area (Å²) in [5.74, 6) is 1.05. The molecule has 0 aromatic carbocycles. The number of carbonyl (C=O) groups excluding carboxylic acids is 1. The number of H-pyrrole nitrogens is 1. The maximum absolute atomic E-state index is 12.5. The summed E-state index contributed by atoms with van der Waals surface area (Å²) in [7, 11) is 0. The van der Waals surface area contributed by atoms with Crippen LogP contribution in [0.2, 0.25) is 0 Å². The number of hydrogen-bond acceptors (Lipinski definition) is 5. The summed E-state index contributed by atoms with van der Waals surface area (Å²) in [5, 5.41) is 12.1. The fourth-order valence-electron chi connectivity index (χ4n) is 2.72. The largest absolute Gasteiger partial charge is 0.381 e. The number of aromatic nitrogens is 3. The molecule has 6 nitrogen and oxygen atoms in total. The second-order valence-corrected chi connectivity index (χ2v) is 7.04. The van der Waals surface area contributed by atoms with E-state index in [9.17, 15) is 4.79 Å². The number of thiophene rings is 1. The lowest BCUT2D eigenvalue weighted by molar-refractivity contribution is -0.124. The number of carbonyl (C=O) groups is 1. The van der Waals surface area contributed by atoms with Gasteiger partial charge in [-0.05, 0) is 49.3 Å². The molecule has 8 heteroatoms. The average molecular weight is 352 g/mol. The van der Waals surface area contributed by atoms with Crippen LogP contribution in [0.1, 0.15) is 25.8 Å². The van der Waals surface area contributed by atoms with E-state index < -0.39 is 6.04 Å². The van der Waals surface area contributed by atoms with Gasteiger partial charge in [-0.1, -0.05) is 6.07 Å². The molecule has 0 spiro atoms. The molecule has 1 saturated heterocycles. The molecule has 1 aliphatic heterocycles. The van der Waals surface area contributed by atoms with E-state index in [1.165, 1.54) is 0 Å². The summed E-state index contributed by atoms with van der Waals surface area (Å²) in [4.78, 5) is 13.5. The van der Waals surface area contributed by atoms with Gasteiger partial charge in [0.15, 0.2) is 10.6 Å². The lowest BCUT2D eigenvalue weighted by Crippen LogP contribution is -2.37. The molecule has 2 N–H and O–H groups in total. The van der Waals surface area contributed by atoms with Gasteiger partial charge in [-0.25, -0.2) is 0 Å². The zero-order valence-electron chi connectivity index (χ0n) is 12.9. The highest BCUT2D eigenvalue weighted by molar-refractivity contribution is 7.71. The number of amides is 1. The van der Waals surface area contributed by atoms with Crippen LogP contribution in [0, 0.1) is 10.7 Å². The van der Waals surface area contributed by atoms with Crippen molar-refractivity contribution in [2.45, 2.75) is 25.8 Å². The molecule has 1 fully saturated rings. The molecule has 0 bridgehead atoms. The van der Waals surface area contributed by atoms with Gasteiger partial charge in [0.25, 0.3) is 0 Å². The van der Waals surface area contributed by atoms with Crippen LogP contribution in [0.25, 0.3) is 10.7 Å². The first-order valence-electron chi connectivity index (χ1n) is 7.73. The van der Waals surface area contributed by atoms with Gasteiger partial charge in [0.05, 0.1) is 11.5 Å². The maximum Gasteiger partial charge on any atom is 0.242 e. The van der Waals surface area contributed by atoms with Crippen LogP contribution in [0.4, 0.5) is 0 Å². The zero-order valence-corrected chi connectivity index (χ0v) is 14.6. The van der Waals surface area contributed by atoms with E-state index in [0.29, 0.717) is 23.1 Å². The third kappa shape index (κ3) is 3.70. The van der Waals surface area contributed by atoms with Crippen LogP contribution in [0.3, 0.4) is 0 Å². The summed E-state index contributed by atoms with van der Waals surface area (Å²) in [6.45, 7) is 4.03. The van der Waals surface area contributed by atoms with Gasteiger partial charge in [-0.15, -0.1) is 11.3 Å². The number of hydrogen-bond donors (Lipinski definition) is 2. The smallest absolute Gasteiger partial charge is 0.242 e. The number of nitrogens with zero attached hydrogens (tertiary/aromatic N) is 2. The third-order valence-corrected chi connectivity index (χ3v) is 5.19. The van der Waals surface area contributed by atoms with Crippen molar-refractivity contribution in [3.8, 4) is 10.7 Å². The SMILES string of the molecule is C[C@H](C(=O)NC[C@H]1CCCOC1)n1c(-c2cccs2)n[nH]c1=S. The molecular weight excluding hydrogens is 332 g/mol. The Bertz CT molecular complexity index is 701. The Morgan fingerprint density at radius 2 is 2.57 bits per heavy atom. The number of aromatic amines is 1. The van der Waals surface area contributed by atoms with E-state index in [1.54, 1.807) is 15.9 Å². The predicted molar refractivity (Wildman–Crippen MR) is 92.0 cm³/mol. The fourth-order valence-corrected chi connectivity index (χ4v) is 3.72. The molecule has 0 saturated carbocycles. The van der Waals surface area contributed by atoms with Crippen LogP contribution >= 0.6 is 23.6 Å². The topological polar surface area (TPSA) is 71.9 Å². The zero-order chi connectivity index (χ0) is 16.2. The molecule has 0 aliphatic carbocycles. The van der Waals surface area contributed by atoms with Gasteiger partial charge >= 0.3 is 0 Å². The van der Waals surface area contributed by atoms with E-state index in [1.807, 2.05) is 24.4 Å². The van der Waals surface area contributed by atoms with Crippen LogP contribution in [0.15, 0.2) is 17.5 Å². The quantitative estimate of drug-likeness (QED) is 0.812. The van der Waals surface area contributed by atoms with Crippen LogP contribution in [-0.4, -0.2) is 40.4 Å². The third-order valence-electron chi connectivity index (χ3n) is 4.03. The number of nitrogens with one attached hydrogen (secondary N) is 2. The van der Waals surface area contributed by atoms with Crippen LogP contribution < -0.4 is 5.32 Å². The molecule has 2 aromatic heterocycles. The fraction of sp³-hybridized carbons (Fsp3) is 0.533. The van der Waals surface area contributed by atoms with Gasteiger partial charge in [0.2, 0.25) is 5.91 Å². The first kappa shape index (κ1) is 16.4. The van der Waals surface area contributed by atoms with Crippen LogP contribution in [-0.2, 0) is 9.53 Å². The molecule has 1 aliphatic rings. The van der Waals surface area contributed by atoms with Crippen molar-refractivity contribution < 1.29 is 9.53 Å². The number of ether oxygens (including phenoxy) is 1. The second kappa shape index (κ2) is 7.37. The average Bonchev–Trinajstić information content (AvgIpc) is 3.22. The summed E-state index contributed by atoms with van der Waals surface area (Å²) < 4.78 is 7.67. The van der Waals surface area contributed by atoms with Crippen molar-refractivity contribution in [1.29, 1.82) is 0 Å². The monoisotopic (exact) mass is 352 g/mol. The van der Waals surface area contributed by atoms with Crippen molar-refractivity contribution >= 4 is 29.5 Å². The Labute approximate surface area is 143 Å². The van der Waals surface area contributed by atoms with Gasteiger partial charge < -0.3 is 10.1 Å². The molecule has 2 atom stereocenters. The summed E-state index contributed by atoms with van der Waals surface area (Å²) in [6.07, 6.45) is 2.16. The first-order valence-corrected chi connectivity index (χ1v) is 9.02. The minimum absolute atomic E-state index is 0.0501. The van der Waals surface area contributed by atoms with Crippen molar-refractivity contribution in [2.75, 3.05) is 19.8 Å². The minimum atomic E-state index is -0.414. The Morgan fingerprint density at radius 1 is 1.70 bits per heavy atom. The minimum Gasteiger partial charge on any atom is -0.381 e. The first-order chi connectivity index (χ1) is 11.2. The molecule has 124 valence electrons. The van der Waals surface area contributed by atoms with Crippen molar-refractivity contribution in [3.05, 3.63) is 22.3 Å². The van der Waals surface area contributed by atoms with E-state index in [0.717, 1.165) is 30.9 Å². The highest BCUT2D eigenvalue weighted by atomic mass is 32.1. The molecule has 2 aromatic rings. The van der Waals surface area contributed by atoms with Gasteiger partial charge in [0.1, 0.15) is 6.04 Å². The van der Waals surface area contributed by atoms with Gasteiger partial charge in [-0.2, -0.15) is 5.10 Å². The molecular formula is C15H20N4O2S2. The van der Waals surface area contributed by atoms with Crippen molar-refractivity contribution in [1.82, 2.24) is 20.1 Å². The van der Waals surface area contributed by atoms with E-state index in [4.69, 9.17) is 17.0 Å². The highest BCUT2D eigenvalue weighted by Crippen LogP contribution is 2.25. The number of rotatable bonds is 5. The van der Waals surface area contributed by atoms with Gasteiger partial charge in [-0.3, -0.25) is 14.5 Å². The Kier molecular flexibility index (Phi) is 5.24. The van der Waals surface area contributed by atoms with Crippen molar-refractivity contribution in [2.24, 2.45) is 5.92 Å².